The van der Waals surface area contributed by atoms with Gasteiger partial charge in [-0.05, 0) is 36.6 Å². The van der Waals surface area contributed by atoms with E-state index in [-0.39, 0.29) is 11.6 Å². The van der Waals surface area contributed by atoms with Crippen LogP contribution in [0.1, 0.15) is 42.5 Å². The van der Waals surface area contributed by atoms with Crippen LogP contribution < -0.4 is 10.6 Å². The van der Waals surface area contributed by atoms with Crippen molar-refractivity contribution in [3.05, 3.63) is 54.1 Å². The highest BCUT2D eigenvalue weighted by Gasteiger charge is 2.27. The van der Waals surface area contributed by atoms with E-state index in [1.807, 2.05) is 0 Å². The molecule has 0 radical (unpaired) electrons. The first-order valence-corrected chi connectivity index (χ1v) is 9.42. The van der Waals surface area contributed by atoms with E-state index in [0.717, 1.165) is 31.9 Å². The molecular weight excluding hydrogens is 361 g/mol. The first-order chi connectivity index (χ1) is 13.6. The second-order valence-corrected chi connectivity index (χ2v) is 7.00. The van der Waals surface area contributed by atoms with Crippen LogP contribution in [-0.2, 0) is 9.53 Å². The van der Waals surface area contributed by atoms with Gasteiger partial charge in [0.15, 0.2) is 5.82 Å². The van der Waals surface area contributed by atoms with Crippen molar-refractivity contribution in [3.8, 4) is 0 Å². The minimum absolute atomic E-state index is 0.265. The van der Waals surface area contributed by atoms with E-state index < -0.39 is 17.8 Å². The SMILES string of the molecule is COC(=O)[C@H](CC1CCCC1)NC(=O)c1cccc(Nc2ccncc2F)c1. The number of nitrogens with one attached hydrogen (secondary N) is 2. The van der Waals surface area contributed by atoms with Gasteiger partial charge in [-0.2, -0.15) is 0 Å². The predicted molar refractivity (Wildman–Crippen MR) is 104 cm³/mol. The molecule has 1 aromatic heterocycles. The van der Waals surface area contributed by atoms with Gasteiger partial charge in [-0.15, -0.1) is 0 Å². The lowest BCUT2D eigenvalue weighted by atomic mass is 9.98. The maximum Gasteiger partial charge on any atom is 0.328 e. The van der Waals surface area contributed by atoms with Crippen molar-refractivity contribution in [2.24, 2.45) is 5.92 Å². The molecule has 1 atom stereocenters. The highest BCUT2D eigenvalue weighted by Crippen LogP contribution is 2.29. The van der Waals surface area contributed by atoms with Crippen LogP contribution in [0.25, 0.3) is 0 Å². The number of carbonyl (C=O) groups excluding carboxylic acids is 2. The number of aromatic nitrogens is 1. The van der Waals surface area contributed by atoms with Gasteiger partial charge in [-0.25, -0.2) is 9.18 Å². The third kappa shape index (κ3) is 5.06. The number of halogens is 1. The minimum atomic E-state index is -0.671. The fraction of sp³-hybridized carbons (Fsp3) is 0.381. The lowest BCUT2D eigenvalue weighted by molar-refractivity contribution is -0.143. The topological polar surface area (TPSA) is 80.3 Å². The van der Waals surface area contributed by atoms with Gasteiger partial charge in [0.2, 0.25) is 0 Å². The molecule has 0 aliphatic heterocycles. The Balaban J connectivity index is 1.70. The molecule has 1 fully saturated rings. The Morgan fingerprint density at radius 1 is 1.29 bits per heavy atom. The molecule has 0 spiro atoms. The molecule has 1 aliphatic carbocycles. The molecule has 2 aromatic rings. The number of pyridine rings is 1. The van der Waals surface area contributed by atoms with Crippen LogP contribution in [0.5, 0.6) is 0 Å². The van der Waals surface area contributed by atoms with Gasteiger partial charge in [0.25, 0.3) is 5.91 Å². The number of ether oxygens (including phenoxy) is 1. The summed E-state index contributed by atoms with van der Waals surface area (Å²) in [5, 5.41) is 5.71. The number of rotatable bonds is 7. The third-order valence-corrected chi connectivity index (χ3v) is 5.01. The van der Waals surface area contributed by atoms with Crippen LogP contribution in [-0.4, -0.2) is 30.0 Å². The van der Waals surface area contributed by atoms with Crippen molar-refractivity contribution in [3.63, 3.8) is 0 Å². The highest BCUT2D eigenvalue weighted by molar-refractivity contribution is 5.97. The molecule has 7 heteroatoms. The van der Waals surface area contributed by atoms with Crippen molar-refractivity contribution in [1.29, 1.82) is 0 Å². The van der Waals surface area contributed by atoms with Crippen molar-refractivity contribution < 1.29 is 18.7 Å². The molecule has 148 valence electrons. The first kappa shape index (κ1) is 19.8. The summed E-state index contributed by atoms with van der Waals surface area (Å²) in [5.74, 6) is -0.868. The Hall–Kier alpha value is -2.96. The summed E-state index contributed by atoms with van der Waals surface area (Å²) >= 11 is 0. The van der Waals surface area contributed by atoms with Crippen LogP contribution in [0, 0.1) is 11.7 Å². The van der Waals surface area contributed by atoms with Crippen molar-refractivity contribution >= 4 is 23.3 Å². The number of hydrogen-bond donors (Lipinski definition) is 2. The fourth-order valence-corrected chi connectivity index (χ4v) is 3.55. The number of carbonyl (C=O) groups is 2. The number of esters is 1. The maximum absolute atomic E-state index is 13.8. The van der Waals surface area contributed by atoms with E-state index in [1.54, 1.807) is 24.3 Å². The lowest BCUT2D eigenvalue weighted by Crippen LogP contribution is -2.42. The molecule has 2 N–H and O–H groups in total. The molecule has 28 heavy (non-hydrogen) atoms. The van der Waals surface area contributed by atoms with E-state index in [2.05, 4.69) is 15.6 Å². The van der Waals surface area contributed by atoms with Crippen molar-refractivity contribution in [2.45, 2.75) is 38.1 Å². The monoisotopic (exact) mass is 385 g/mol. The van der Waals surface area contributed by atoms with Gasteiger partial charge in [0.05, 0.1) is 19.0 Å². The standard InChI is InChI=1S/C21H24FN3O3/c1-28-21(27)19(11-14-5-2-3-6-14)25-20(26)15-7-4-8-16(12-15)24-18-9-10-23-13-17(18)22/h4,7-10,12-14,19H,2-3,5-6,11H2,1H3,(H,23,24)(H,25,26)/t19-/m0/s1. The second kappa shape index (κ2) is 9.30. The molecule has 3 rings (SSSR count). The predicted octanol–water partition coefficient (Wildman–Crippen LogP) is 3.82. The van der Waals surface area contributed by atoms with Gasteiger partial charge in [0.1, 0.15) is 6.04 Å². The normalized spacial score (nSPS) is 15.1. The summed E-state index contributed by atoms with van der Waals surface area (Å²) < 4.78 is 18.6. The maximum atomic E-state index is 13.8. The molecule has 6 nitrogen and oxygen atoms in total. The zero-order valence-electron chi connectivity index (χ0n) is 15.8. The first-order valence-electron chi connectivity index (χ1n) is 9.42. The Morgan fingerprint density at radius 3 is 2.79 bits per heavy atom. The van der Waals surface area contributed by atoms with Crippen LogP contribution in [0.15, 0.2) is 42.7 Å². The largest absolute Gasteiger partial charge is 0.467 e. The summed E-state index contributed by atoms with van der Waals surface area (Å²) in [6.07, 6.45) is 7.63. The van der Waals surface area contributed by atoms with E-state index >= 15 is 0 Å². The molecular formula is C21H24FN3O3. The van der Waals surface area contributed by atoms with Gasteiger partial charge in [-0.1, -0.05) is 31.7 Å². The third-order valence-electron chi connectivity index (χ3n) is 5.01. The molecule has 1 amide bonds. The number of anilines is 2. The second-order valence-electron chi connectivity index (χ2n) is 7.00. The average molecular weight is 385 g/mol. The summed E-state index contributed by atoms with van der Waals surface area (Å²) in [7, 11) is 1.32. The minimum Gasteiger partial charge on any atom is -0.467 e. The average Bonchev–Trinajstić information content (AvgIpc) is 3.22. The molecule has 1 aromatic carbocycles. The van der Waals surface area contributed by atoms with E-state index in [1.165, 1.54) is 19.4 Å². The summed E-state index contributed by atoms with van der Waals surface area (Å²) in [6.45, 7) is 0. The Bertz CT molecular complexity index is 837. The number of amides is 1. The van der Waals surface area contributed by atoms with Gasteiger partial charge < -0.3 is 15.4 Å². The zero-order valence-corrected chi connectivity index (χ0v) is 15.8. The quantitative estimate of drug-likeness (QED) is 0.709. The number of hydrogen-bond acceptors (Lipinski definition) is 5. The van der Waals surface area contributed by atoms with E-state index in [4.69, 9.17) is 4.74 Å². The molecule has 0 unspecified atom stereocenters. The van der Waals surface area contributed by atoms with Crippen LogP contribution in [0.4, 0.5) is 15.8 Å². The van der Waals surface area contributed by atoms with Crippen LogP contribution in [0.2, 0.25) is 0 Å². The fourth-order valence-electron chi connectivity index (χ4n) is 3.55. The van der Waals surface area contributed by atoms with Crippen LogP contribution in [0.3, 0.4) is 0 Å². The Kier molecular flexibility index (Phi) is 6.57. The van der Waals surface area contributed by atoms with E-state index in [9.17, 15) is 14.0 Å². The summed E-state index contributed by atoms with van der Waals surface area (Å²) in [5.41, 5.74) is 1.20. The molecule has 1 saturated carbocycles. The number of nitrogens with zero attached hydrogens (tertiary/aromatic N) is 1. The lowest BCUT2D eigenvalue weighted by Gasteiger charge is -2.20. The van der Waals surface area contributed by atoms with Gasteiger partial charge in [-0.3, -0.25) is 9.78 Å². The Labute approximate surface area is 163 Å². The number of methoxy groups -OCH3 is 1. The molecule has 0 saturated heterocycles. The van der Waals surface area contributed by atoms with Gasteiger partial charge in [0, 0.05) is 17.4 Å². The zero-order chi connectivity index (χ0) is 19.9. The Morgan fingerprint density at radius 2 is 2.07 bits per heavy atom. The van der Waals surface area contributed by atoms with E-state index in [0.29, 0.717) is 23.6 Å². The smallest absolute Gasteiger partial charge is 0.328 e. The summed E-state index contributed by atoms with van der Waals surface area (Å²) in [4.78, 5) is 28.5. The number of benzene rings is 1. The van der Waals surface area contributed by atoms with Crippen LogP contribution >= 0.6 is 0 Å². The van der Waals surface area contributed by atoms with Gasteiger partial charge >= 0.3 is 5.97 Å². The molecule has 1 heterocycles. The van der Waals surface area contributed by atoms with Crippen molar-refractivity contribution in [2.75, 3.05) is 12.4 Å². The molecule has 1 aliphatic rings. The highest BCUT2D eigenvalue weighted by atomic mass is 19.1. The summed E-state index contributed by atoms with van der Waals surface area (Å²) in [6, 6.07) is 7.52. The molecule has 0 bridgehead atoms. The van der Waals surface area contributed by atoms with Crippen molar-refractivity contribution in [1.82, 2.24) is 10.3 Å².